The first-order chi connectivity index (χ1) is 16.9. The summed E-state index contributed by atoms with van der Waals surface area (Å²) in [5.41, 5.74) is 1.93. The van der Waals surface area contributed by atoms with E-state index in [0.717, 1.165) is 29.7 Å². The predicted molar refractivity (Wildman–Crippen MR) is 137 cm³/mol. The van der Waals surface area contributed by atoms with Crippen LogP contribution in [0.25, 0.3) is 0 Å². The maximum atomic E-state index is 12.9. The molecular formula is C23H24N4O5S3. The number of nitrogens with zero attached hydrogens (tertiary/aromatic N) is 2. The Kier molecular flexibility index (Phi) is 8.04. The van der Waals surface area contributed by atoms with Gasteiger partial charge in [0.2, 0.25) is 11.0 Å². The lowest BCUT2D eigenvalue weighted by Crippen LogP contribution is -2.23. The van der Waals surface area contributed by atoms with Crippen LogP contribution in [0.15, 0.2) is 28.6 Å². The molecule has 0 saturated carbocycles. The highest BCUT2D eigenvalue weighted by atomic mass is 32.2. The smallest absolute Gasteiger partial charge is 0.341 e. The molecule has 9 nitrogen and oxygen atoms in total. The lowest BCUT2D eigenvalue weighted by atomic mass is 10.1. The summed E-state index contributed by atoms with van der Waals surface area (Å²) in [5.74, 6) is -0.309. The quantitative estimate of drug-likeness (QED) is 0.232. The number of amides is 2. The van der Waals surface area contributed by atoms with Crippen LogP contribution in [-0.4, -0.2) is 46.9 Å². The Balaban J connectivity index is 1.37. The van der Waals surface area contributed by atoms with E-state index in [1.165, 1.54) is 34.4 Å². The molecule has 184 valence electrons. The van der Waals surface area contributed by atoms with Crippen molar-refractivity contribution in [1.29, 1.82) is 0 Å². The fourth-order valence-corrected chi connectivity index (χ4v) is 6.72. The first-order valence-electron chi connectivity index (χ1n) is 11.0. The number of carbonyl (C=O) groups is 3. The number of carbonyl (C=O) groups excluding carboxylic acids is 3. The summed E-state index contributed by atoms with van der Waals surface area (Å²) in [6, 6.07) is 6.71. The van der Waals surface area contributed by atoms with Crippen LogP contribution >= 0.6 is 34.4 Å². The molecule has 0 fully saturated rings. The van der Waals surface area contributed by atoms with E-state index in [2.05, 4.69) is 20.8 Å². The van der Waals surface area contributed by atoms with Gasteiger partial charge in [-0.1, -0.05) is 23.1 Å². The number of esters is 1. The van der Waals surface area contributed by atoms with E-state index in [1.54, 1.807) is 45.2 Å². The average Bonchev–Trinajstić information content (AvgIpc) is 3.55. The molecule has 1 aliphatic carbocycles. The average molecular weight is 533 g/mol. The highest BCUT2D eigenvalue weighted by Gasteiger charge is 2.29. The van der Waals surface area contributed by atoms with Crippen molar-refractivity contribution in [3.8, 4) is 5.75 Å². The van der Waals surface area contributed by atoms with Crippen LogP contribution in [-0.2, 0) is 22.4 Å². The van der Waals surface area contributed by atoms with Crippen LogP contribution in [0.3, 0.4) is 0 Å². The highest BCUT2D eigenvalue weighted by molar-refractivity contribution is 8.02. The molecule has 4 rings (SSSR count). The number of hydrogen-bond donors (Lipinski definition) is 2. The molecule has 2 N–H and O–H groups in total. The van der Waals surface area contributed by atoms with Crippen LogP contribution in [0, 0.1) is 0 Å². The number of methoxy groups -OCH3 is 1. The standard InChI is InChI=1S/C23H24N4O5S3/c1-4-32-21(30)17-15-6-5-7-16(15)34-20(17)24-18(28)12(2)33-23-27-26-22(35-23)25-19(29)13-8-10-14(31-3)11-9-13/h8-12H,4-7H2,1-3H3,(H,24,28)(H,25,26,29). The second-order valence-electron chi connectivity index (χ2n) is 7.59. The fraction of sp³-hybridized carbons (Fsp3) is 0.348. The second-order valence-corrected chi connectivity index (χ2v) is 11.3. The van der Waals surface area contributed by atoms with E-state index in [-0.39, 0.29) is 18.4 Å². The number of rotatable bonds is 9. The molecule has 1 atom stereocenters. The third-order valence-corrected chi connectivity index (χ3v) is 8.49. The fourth-order valence-electron chi connectivity index (χ4n) is 3.55. The molecule has 12 heteroatoms. The van der Waals surface area contributed by atoms with Gasteiger partial charge in [-0.3, -0.25) is 14.9 Å². The zero-order chi connectivity index (χ0) is 24.9. The molecule has 1 aromatic carbocycles. The van der Waals surface area contributed by atoms with Crippen molar-refractivity contribution >= 4 is 62.4 Å². The maximum Gasteiger partial charge on any atom is 0.341 e. The Bertz CT molecular complexity index is 1240. The van der Waals surface area contributed by atoms with Crippen molar-refractivity contribution in [2.24, 2.45) is 0 Å². The van der Waals surface area contributed by atoms with E-state index in [9.17, 15) is 14.4 Å². The minimum absolute atomic E-state index is 0.250. The Morgan fingerprint density at radius 3 is 2.60 bits per heavy atom. The monoisotopic (exact) mass is 532 g/mol. The van der Waals surface area contributed by atoms with Crippen molar-refractivity contribution in [2.45, 2.75) is 42.7 Å². The Hall–Kier alpha value is -2.96. The van der Waals surface area contributed by atoms with Gasteiger partial charge in [-0.2, -0.15) is 0 Å². The van der Waals surface area contributed by atoms with Gasteiger partial charge in [-0.15, -0.1) is 21.5 Å². The van der Waals surface area contributed by atoms with Gasteiger partial charge in [0.1, 0.15) is 10.8 Å². The van der Waals surface area contributed by atoms with Gasteiger partial charge in [0.15, 0.2) is 4.34 Å². The van der Waals surface area contributed by atoms with Crippen molar-refractivity contribution in [1.82, 2.24) is 10.2 Å². The molecule has 35 heavy (non-hydrogen) atoms. The molecule has 0 bridgehead atoms. The van der Waals surface area contributed by atoms with Crippen LogP contribution in [0.2, 0.25) is 0 Å². The summed E-state index contributed by atoms with van der Waals surface area (Å²) in [7, 11) is 1.56. The van der Waals surface area contributed by atoms with Gasteiger partial charge in [0.25, 0.3) is 5.91 Å². The van der Waals surface area contributed by atoms with Crippen molar-refractivity contribution < 1.29 is 23.9 Å². The SMILES string of the molecule is CCOC(=O)c1c(NC(=O)C(C)Sc2nnc(NC(=O)c3ccc(OC)cc3)s2)sc2c1CCC2. The maximum absolute atomic E-state index is 12.9. The number of nitrogens with one attached hydrogen (secondary N) is 2. The van der Waals surface area contributed by atoms with Crippen LogP contribution < -0.4 is 15.4 Å². The lowest BCUT2D eigenvalue weighted by molar-refractivity contribution is -0.115. The zero-order valence-corrected chi connectivity index (χ0v) is 21.8. The number of hydrogen-bond acceptors (Lipinski definition) is 10. The second kappa shape index (κ2) is 11.2. The first kappa shape index (κ1) is 25.1. The topological polar surface area (TPSA) is 120 Å². The minimum Gasteiger partial charge on any atom is -0.497 e. The van der Waals surface area contributed by atoms with E-state index < -0.39 is 11.2 Å². The largest absolute Gasteiger partial charge is 0.497 e. The molecule has 3 aromatic rings. The number of thiophene rings is 1. The van der Waals surface area contributed by atoms with Gasteiger partial charge in [0, 0.05) is 10.4 Å². The number of aromatic nitrogens is 2. The van der Waals surface area contributed by atoms with Crippen LogP contribution in [0.4, 0.5) is 10.1 Å². The summed E-state index contributed by atoms with van der Waals surface area (Å²) in [4.78, 5) is 39.0. The molecule has 1 unspecified atom stereocenters. The van der Waals surface area contributed by atoms with Crippen LogP contribution in [0.1, 0.15) is 51.4 Å². The van der Waals surface area contributed by atoms with E-state index in [1.807, 2.05) is 0 Å². The van der Waals surface area contributed by atoms with Crippen LogP contribution in [0.5, 0.6) is 5.75 Å². The predicted octanol–water partition coefficient (Wildman–Crippen LogP) is 4.65. The number of thioether (sulfide) groups is 1. The Labute approximate surface area is 214 Å². The summed E-state index contributed by atoms with van der Waals surface area (Å²) < 4.78 is 10.9. The summed E-state index contributed by atoms with van der Waals surface area (Å²) in [5, 5.41) is 14.1. The molecule has 2 heterocycles. The number of fused-ring (bicyclic) bond motifs is 1. The number of ether oxygens (including phenoxy) is 2. The van der Waals surface area contributed by atoms with Crippen molar-refractivity contribution in [3.05, 3.63) is 45.8 Å². The van der Waals surface area contributed by atoms with E-state index >= 15 is 0 Å². The molecule has 0 saturated heterocycles. The minimum atomic E-state index is -0.500. The van der Waals surface area contributed by atoms with Crippen molar-refractivity contribution in [2.75, 3.05) is 24.4 Å². The molecule has 1 aliphatic rings. The van der Waals surface area contributed by atoms with Gasteiger partial charge in [-0.25, -0.2) is 4.79 Å². The Morgan fingerprint density at radius 1 is 1.11 bits per heavy atom. The third kappa shape index (κ3) is 5.82. The molecule has 2 amide bonds. The zero-order valence-electron chi connectivity index (χ0n) is 19.4. The number of aryl methyl sites for hydroxylation is 1. The van der Waals surface area contributed by atoms with Gasteiger partial charge in [-0.05, 0) is 62.9 Å². The number of benzene rings is 1. The van der Waals surface area contributed by atoms with Gasteiger partial charge < -0.3 is 14.8 Å². The molecule has 0 radical (unpaired) electrons. The summed E-state index contributed by atoms with van der Waals surface area (Å²) >= 11 is 3.85. The highest BCUT2D eigenvalue weighted by Crippen LogP contribution is 2.40. The van der Waals surface area contributed by atoms with Crippen molar-refractivity contribution in [3.63, 3.8) is 0 Å². The molecule has 0 aliphatic heterocycles. The van der Waals surface area contributed by atoms with E-state index in [0.29, 0.717) is 31.3 Å². The molecular weight excluding hydrogens is 508 g/mol. The Morgan fingerprint density at radius 2 is 1.89 bits per heavy atom. The van der Waals surface area contributed by atoms with Gasteiger partial charge in [0.05, 0.1) is 24.5 Å². The summed E-state index contributed by atoms with van der Waals surface area (Å²) in [6.07, 6.45) is 2.72. The van der Waals surface area contributed by atoms with E-state index in [4.69, 9.17) is 9.47 Å². The number of anilines is 2. The summed E-state index contributed by atoms with van der Waals surface area (Å²) in [6.45, 7) is 3.79. The normalized spacial score (nSPS) is 13.1. The molecule has 0 spiro atoms. The first-order valence-corrected chi connectivity index (χ1v) is 13.5. The van der Waals surface area contributed by atoms with Gasteiger partial charge >= 0.3 is 5.97 Å². The third-order valence-electron chi connectivity index (χ3n) is 5.26. The lowest BCUT2D eigenvalue weighted by Gasteiger charge is -2.11. The molecule has 2 aromatic heterocycles.